The highest BCUT2D eigenvalue weighted by molar-refractivity contribution is 7.22. The molecule has 0 saturated heterocycles. The van der Waals surface area contributed by atoms with Crippen LogP contribution in [-0.2, 0) is 0 Å². The smallest absolute Gasteiger partial charge is 0.356 e. The summed E-state index contributed by atoms with van der Waals surface area (Å²) in [5.74, 6) is -1.14. The maximum Gasteiger partial charge on any atom is 0.356 e. The van der Waals surface area contributed by atoms with Gasteiger partial charge in [-0.05, 0) is 17.7 Å². The number of carboxylic acids is 1. The van der Waals surface area contributed by atoms with Gasteiger partial charge in [0.25, 0.3) is 0 Å². The normalized spacial score (nSPS) is 10.7. The van der Waals surface area contributed by atoms with E-state index in [-0.39, 0.29) is 11.0 Å². The van der Waals surface area contributed by atoms with Crippen molar-refractivity contribution in [3.05, 3.63) is 21.4 Å². The first kappa shape index (κ1) is 9.64. The van der Waals surface area contributed by atoms with Crippen molar-refractivity contribution in [2.45, 2.75) is 0 Å². The molecule has 0 atom stereocenters. The van der Waals surface area contributed by atoms with Gasteiger partial charge in [-0.25, -0.2) is 14.8 Å². The first-order valence-electron chi connectivity index (χ1n) is 3.44. The van der Waals surface area contributed by atoms with Gasteiger partial charge in [0.05, 0.1) is 14.6 Å². The number of halogens is 2. The summed E-state index contributed by atoms with van der Waals surface area (Å²) in [7, 11) is 0. The van der Waals surface area contributed by atoms with Gasteiger partial charge in [-0.1, -0.05) is 11.6 Å². The number of rotatable bonds is 1. The average molecular weight is 249 g/mol. The molecular weight excluding hydrogens is 247 g/mol. The minimum absolute atomic E-state index is 0.0932. The van der Waals surface area contributed by atoms with Crippen molar-refractivity contribution >= 4 is 50.7 Å². The second kappa shape index (κ2) is 3.34. The van der Waals surface area contributed by atoms with E-state index in [9.17, 15) is 4.79 Å². The summed E-state index contributed by atoms with van der Waals surface area (Å²) in [5.41, 5.74) is 0.342. The number of thiophene rings is 1. The van der Waals surface area contributed by atoms with E-state index >= 15 is 0 Å². The Balaban J connectivity index is 2.85. The van der Waals surface area contributed by atoms with Crippen molar-refractivity contribution in [1.82, 2.24) is 9.97 Å². The molecule has 72 valence electrons. The molecule has 7 heteroatoms. The summed E-state index contributed by atoms with van der Waals surface area (Å²) < 4.78 is 0.894. The van der Waals surface area contributed by atoms with Crippen LogP contribution in [0.15, 0.2) is 6.07 Å². The number of aromatic nitrogens is 2. The first-order chi connectivity index (χ1) is 6.58. The lowest BCUT2D eigenvalue weighted by atomic mass is 10.3. The molecule has 1 N–H and O–H groups in total. The molecule has 2 heterocycles. The molecule has 0 aliphatic heterocycles. The zero-order valence-electron chi connectivity index (χ0n) is 6.49. The van der Waals surface area contributed by atoms with Crippen LogP contribution in [0.25, 0.3) is 10.2 Å². The Hall–Kier alpha value is -0.910. The zero-order valence-corrected chi connectivity index (χ0v) is 8.82. The van der Waals surface area contributed by atoms with E-state index in [1.165, 1.54) is 0 Å². The second-order valence-electron chi connectivity index (χ2n) is 2.41. The van der Waals surface area contributed by atoms with Gasteiger partial charge in [0.2, 0.25) is 5.28 Å². The highest BCUT2D eigenvalue weighted by Gasteiger charge is 2.15. The van der Waals surface area contributed by atoms with Gasteiger partial charge >= 0.3 is 5.97 Å². The molecule has 2 aromatic heterocycles. The number of hydrogen-bond donors (Lipinski definition) is 1. The van der Waals surface area contributed by atoms with Gasteiger partial charge in [-0.15, -0.1) is 11.3 Å². The first-order valence-corrected chi connectivity index (χ1v) is 5.01. The molecule has 0 aliphatic rings. The van der Waals surface area contributed by atoms with Crippen molar-refractivity contribution in [3.63, 3.8) is 0 Å². The molecule has 0 saturated carbocycles. The predicted octanol–water partition coefficient (Wildman–Crippen LogP) is 2.70. The third-order valence-corrected chi connectivity index (χ3v) is 2.95. The molecular formula is C7H2Cl2N2O2S. The molecule has 0 radical (unpaired) electrons. The average Bonchev–Trinajstić information content (AvgIpc) is 2.42. The number of aromatic carboxylic acids is 1. The lowest BCUT2D eigenvalue weighted by molar-refractivity contribution is 0.0693. The van der Waals surface area contributed by atoms with E-state index in [2.05, 4.69) is 9.97 Å². The summed E-state index contributed by atoms with van der Waals surface area (Å²) in [5, 5.41) is 8.74. The number of carboxylic acid groups (broad SMARTS) is 1. The van der Waals surface area contributed by atoms with Crippen molar-refractivity contribution in [3.8, 4) is 0 Å². The maximum atomic E-state index is 10.8. The van der Waals surface area contributed by atoms with Crippen molar-refractivity contribution in [2.75, 3.05) is 0 Å². The van der Waals surface area contributed by atoms with Crippen LogP contribution >= 0.6 is 34.5 Å². The maximum absolute atomic E-state index is 10.8. The van der Waals surface area contributed by atoms with Gasteiger partial charge in [0, 0.05) is 0 Å². The molecule has 0 fully saturated rings. The van der Waals surface area contributed by atoms with E-state index in [4.69, 9.17) is 28.3 Å². The third kappa shape index (κ3) is 1.54. The highest BCUT2D eigenvalue weighted by Crippen LogP contribution is 2.30. The fourth-order valence-electron chi connectivity index (χ4n) is 1.02. The van der Waals surface area contributed by atoms with Gasteiger partial charge < -0.3 is 5.11 Å². The van der Waals surface area contributed by atoms with Crippen molar-refractivity contribution in [2.24, 2.45) is 0 Å². The molecule has 0 aliphatic carbocycles. The van der Waals surface area contributed by atoms with Crippen LogP contribution in [0.5, 0.6) is 0 Å². The Morgan fingerprint density at radius 2 is 2.14 bits per heavy atom. The number of nitrogens with zero attached hydrogens (tertiary/aromatic N) is 2. The van der Waals surface area contributed by atoms with Crippen LogP contribution in [0.2, 0.25) is 9.62 Å². The summed E-state index contributed by atoms with van der Waals surface area (Å²) in [6, 6.07) is 1.56. The molecule has 4 nitrogen and oxygen atoms in total. The van der Waals surface area contributed by atoms with E-state index in [0.29, 0.717) is 14.6 Å². The van der Waals surface area contributed by atoms with Crippen LogP contribution in [0, 0.1) is 0 Å². The van der Waals surface area contributed by atoms with Crippen LogP contribution in [0.4, 0.5) is 0 Å². The molecule has 0 spiro atoms. The summed E-state index contributed by atoms with van der Waals surface area (Å²) >= 11 is 12.4. The van der Waals surface area contributed by atoms with Gasteiger partial charge in [0.15, 0.2) is 5.69 Å². The van der Waals surface area contributed by atoms with E-state index in [1.54, 1.807) is 6.07 Å². The lowest BCUT2D eigenvalue weighted by Crippen LogP contribution is -2.01. The van der Waals surface area contributed by atoms with Crippen molar-refractivity contribution in [1.29, 1.82) is 0 Å². The molecule has 14 heavy (non-hydrogen) atoms. The number of carbonyl (C=O) groups is 1. The summed E-state index contributed by atoms with van der Waals surface area (Å²) in [6.07, 6.45) is 0. The Morgan fingerprint density at radius 3 is 2.79 bits per heavy atom. The molecule has 2 rings (SSSR count). The summed E-state index contributed by atoms with van der Waals surface area (Å²) in [6.45, 7) is 0. The van der Waals surface area contributed by atoms with Crippen LogP contribution in [-0.4, -0.2) is 21.0 Å². The molecule has 2 aromatic rings. The van der Waals surface area contributed by atoms with Gasteiger partial charge in [0.1, 0.15) is 0 Å². The van der Waals surface area contributed by atoms with Crippen LogP contribution in [0.1, 0.15) is 10.5 Å². The topological polar surface area (TPSA) is 63.1 Å². The minimum atomic E-state index is -1.14. The van der Waals surface area contributed by atoms with Gasteiger partial charge in [-0.2, -0.15) is 0 Å². The SMILES string of the molecule is O=C(O)c1nc(Cl)nc2cc(Cl)sc12. The monoisotopic (exact) mass is 248 g/mol. The van der Waals surface area contributed by atoms with Crippen LogP contribution < -0.4 is 0 Å². The zero-order chi connectivity index (χ0) is 10.3. The Kier molecular flexibility index (Phi) is 2.30. The largest absolute Gasteiger partial charge is 0.476 e. The summed E-state index contributed by atoms with van der Waals surface area (Å²) in [4.78, 5) is 18.3. The molecule has 0 unspecified atom stereocenters. The van der Waals surface area contributed by atoms with Crippen LogP contribution in [0.3, 0.4) is 0 Å². The predicted molar refractivity (Wildman–Crippen MR) is 54.4 cm³/mol. The fraction of sp³-hybridized carbons (Fsp3) is 0. The van der Waals surface area contributed by atoms with E-state index in [1.807, 2.05) is 0 Å². The Bertz CT molecular complexity index is 526. The number of hydrogen-bond acceptors (Lipinski definition) is 4. The minimum Gasteiger partial charge on any atom is -0.476 e. The van der Waals surface area contributed by atoms with Crippen molar-refractivity contribution < 1.29 is 9.90 Å². The molecule has 0 aromatic carbocycles. The van der Waals surface area contributed by atoms with E-state index in [0.717, 1.165) is 11.3 Å². The van der Waals surface area contributed by atoms with Gasteiger partial charge in [-0.3, -0.25) is 0 Å². The highest BCUT2D eigenvalue weighted by atomic mass is 35.5. The molecule has 0 bridgehead atoms. The second-order valence-corrected chi connectivity index (χ2v) is 4.43. The Labute approximate surface area is 92.1 Å². The third-order valence-electron chi connectivity index (χ3n) is 1.52. The van der Waals surface area contributed by atoms with E-state index < -0.39 is 5.97 Å². The Morgan fingerprint density at radius 1 is 1.43 bits per heavy atom. The standard InChI is InChI=1S/C7H2Cl2N2O2S/c8-3-1-2-5(14-3)4(6(12)13)11-7(9)10-2/h1H,(H,12,13). The quantitative estimate of drug-likeness (QED) is 0.789. The molecule has 0 amide bonds. The fourth-order valence-corrected chi connectivity index (χ4v) is 2.33. The number of fused-ring (bicyclic) bond motifs is 1. The lowest BCUT2D eigenvalue weighted by Gasteiger charge is -1.95.